The van der Waals surface area contributed by atoms with Crippen LogP contribution in [0.2, 0.25) is 0 Å². The zero-order valence-corrected chi connectivity index (χ0v) is 11.7. The van der Waals surface area contributed by atoms with Gasteiger partial charge in [0.15, 0.2) is 0 Å². The van der Waals surface area contributed by atoms with E-state index >= 15 is 0 Å². The molecule has 19 heavy (non-hydrogen) atoms. The van der Waals surface area contributed by atoms with Gasteiger partial charge in [0.25, 0.3) is 0 Å². The highest BCUT2D eigenvalue weighted by molar-refractivity contribution is 5.59. The fraction of sp³-hybridized carbons (Fsp3) is 0.333. The second-order valence-electron chi connectivity index (χ2n) is 4.62. The van der Waals surface area contributed by atoms with E-state index in [0.29, 0.717) is 12.0 Å². The third-order valence-corrected chi connectivity index (χ3v) is 2.98. The third kappa shape index (κ3) is 3.44. The molecule has 1 heterocycles. The van der Waals surface area contributed by atoms with Gasteiger partial charge in [0, 0.05) is 36.4 Å². The molecule has 0 bridgehead atoms. The van der Waals surface area contributed by atoms with E-state index in [0.717, 1.165) is 12.2 Å². The molecule has 0 atom stereocenters. The molecular formula is C15H20N4. The Morgan fingerprint density at radius 3 is 2.26 bits per heavy atom. The first-order chi connectivity index (χ1) is 9.20. The lowest BCUT2D eigenvalue weighted by atomic mass is 10.2. The molecule has 0 spiro atoms. The van der Waals surface area contributed by atoms with Crippen LogP contribution in [0.3, 0.4) is 0 Å². The zero-order valence-electron chi connectivity index (χ0n) is 11.7. The van der Waals surface area contributed by atoms with E-state index in [2.05, 4.69) is 65.2 Å². The Kier molecular flexibility index (Phi) is 4.34. The highest BCUT2D eigenvalue weighted by Gasteiger charge is 2.07. The first-order valence-corrected chi connectivity index (χ1v) is 6.61. The summed E-state index contributed by atoms with van der Waals surface area (Å²) in [4.78, 5) is 10.6. The lowest BCUT2D eigenvalue weighted by molar-refractivity contribution is 0.704. The molecule has 0 unspecified atom stereocenters. The van der Waals surface area contributed by atoms with Crippen molar-refractivity contribution in [3.05, 3.63) is 42.7 Å². The minimum absolute atomic E-state index is 0.501. The quantitative estimate of drug-likeness (QED) is 0.889. The molecule has 1 aromatic carbocycles. The maximum Gasteiger partial charge on any atom is 0.227 e. The highest BCUT2D eigenvalue weighted by Crippen LogP contribution is 2.21. The van der Waals surface area contributed by atoms with Gasteiger partial charge in [0.1, 0.15) is 0 Å². The van der Waals surface area contributed by atoms with E-state index in [-0.39, 0.29) is 0 Å². The Balaban J connectivity index is 2.10. The topological polar surface area (TPSA) is 41.0 Å². The number of nitrogens with zero attached hydrogens (tertiary/aromatic N) is 3. The van der Waals surface area contributed by atoms with Crippen molar-refractivity contribution in [2.75, 3.05) is 16.8 Å². The van der Waals surface area contributed by atoms with Crippen LogP contribution in [-0.2, 0) is 0 Å². The van der Waals surface area contributed by atoms with Crippen molar-refractivity contribution in [2.45, 2.75) is 26.8 Å². The van der Waals surface area contributed by atoms with Crippen molar-refractivity contribution >= 4 is 17.3 Å². The van der Waals surface area contributed by atoms with Crippen molar-refractivity contribution in [1.82, 2.24) is 9.97 Å². The molecule has 0 aliphatic carbocycles. The zero-order chi connectivity index (χ0) is 13.7. The van der Waals surface area contributed by atoms with Gasteiger partial charge in [-0.25, -0.2) is 9.97 Å². The van der Waals surface area contributed by atoms with Crippen LogP contribution >= 0.6 is 0 Å². The van der Waals surface area contributed by atoms with E-state index in [4.69, 9.17) is 0 Å². The van der Waals surface area contributed by atoms with E-state index in [1.165, 1.54) is 5.69 Å². The summed E-state index contributed by atoms with van der Waals surface area (Å²) in [5, 5.41) is 3.18. The predicted octanol–water partition coefficient (Wildman–Crippen LogP) is 3.45. The molecule has 0 saturated carbocycles. The van der Waals surface area contributed by atoms with Crippen LogP contribution in [0.5, 0.6) is 0 Å². The summed E-state index contributed by atoms with van der Waals surface area (Å²) >= 11 is 0. The average molecular weight is 256 g/mol. The molecule has 0 aliphatic heterocycles. The number of hydrogen-bond acceptors (Lipinski definition) is 4. The van der Waals surface area contributed by atoms with Gasteiger partial charge in [-0.1, -0.05) is 0 Å². The number of aromatic nitrogens is 2. The molecule has 2 aromatic rings. The molecular weight excluding hydrogens is 236 g/mol. The van der Waals surface area contributed by atoms with Gasteiger partial charge in [-0.3, -0.25) is 0 Å². The molecule has 1 N–H and O–H groups in total. The van der Waals surface area contributed by atoms with Gasteiger partial charge >= 0.3 is 0 Å². The van der Waals surface area contributed by atoms with Crippen molar-refractivity contribution < 1.29 is 0 Å². The second-order valence-corrected chi connectivity index (χ2v) is 4.62. The summed E-state index contributed by atoms with van der Waals surface area (Å²) < 4.78 is 0. The molecule has 0 fully saturated rings. The fourth-order valence-corrected chi connectivity index (χ4v) is 2.07. The van der Waals surface area contributed by atoms with Gasteiger partial charge in [-0.2, -0.15) is 0 Å². The van der Waals surface area contributed by atoms with Crippen LogP contribution in [0.15, 0.2) is 42.7 Å². The van der Waals surface area contributed by atoms with Crippen molar-refractivity contribution in [3.8, 4) is 0 Å². The van der Waals surface area contributed by atoms with Crippen LogP contribution < -0.4 is 10.2 Å². The summed E-state index contributed by atoms with van der Waals surface area (Å²) in [7, 11) is 0. The van der Waals surface area contributed by atoms with E-state index < -0.39 is 0 Å². The van der Waals surface area contributed by atoms with E-state index in [1.54, 1.807) is 18.5 Å². The number of anilines is 3. The average Bonchev–Trinajstić information content (AvgIpc) is 2.42. The normalized spacial score (nSPS) is 10.5. The lowest BCUT2D eigenvalue weighted by Gasteiger charge is -2.27. The van der Waals surface area contributed by atoms with Crippen molar-refractivity contribution in [2.24, 2.45) is 0 Å². The Morgan fingerprint density at radius 2 is 1.74 bits per heavy atom. The van der Waals surface area contributed by atoms with Crippen LogP contribution in [0.25, 0.3) is 0 Å². The van der Waals surface area contributed by atoms with Crippen LogP contribution in [-0.4, -0.2) is 22.6 Å². The Hall–Kier alpha value is -2.10. The first-order valence-electron chi connectivity index (χ1n) is 6.61. The summed E-state index contributed by atoms with van der Waals surface area (Å²) in [6, 6.07) is 10.6. The Morgan fingerprint density at radius 1 is 1.11 bits per heavy atom. The lowest BCUT2D eigenvalue weighted by Crippen LogP contribution is -2.30. The molecule has 0 aliphatic rings. The van der Waals surface area contributed by atoms with Gasteiger partial charge in [-0.05, 0) is 51.1 Å². The summed E-state index contributed by atoms with van der Waals surface area (Å²) in [6.07, 6.45) is 3.45. The van der Waals surface area contributed by atoms with Gasteiger partial charge in [-0.15, -0.1) is 0 Å². The standard InChI is InChI=1S/C15H20N4/c1-4-19(12(2)3)14-8-6-13(7-9-14)18-15-16-10-5-11-17-15/h5-12H,4H2,1-3H3,(H,16,17,18). The Labute approximate surface area is 114 Å². The van der Waals surface area contributed by atoms with Crippen LogP contribution in [0, 0.1) is 0 Å². The molecule has 0 amide bonds. The van der Waals surface area contributed by atoms with Crippen molar-refractivity contribution in [3.63, 3.8) is 0 Å². The number of hydrogen-bond donors (Lipinski definition) is 1. The molecule has 2 rings (SSSR count). The highest BCUT2D eigenvalue weighted by atomic mass is 15.1. The van der Waals surface area contributed by atoms with Gasteiger partial charge in [0.05, 0.1) is 0 Å². The van der Waals surface area contributed by atoms with Gasteiger partial charge < -0.3 is 10.2 Å². The molecule has 1 aromatic heterocycles. The maximum atomic E-state index is 4.14. The molecule has 0 saturated heterocycles. The van der Waals surface area contributed by atoms with E-state index in [1.807, 2.05) is 0 Å². The SMILES string of the molecule is CCN(c1ccc(Nc2ncccn2)cc1)C(C)C. The molecule has 100 valence electrons. The number of benzene rings is 1. The van der Waals surface area contributed by atoms with Crippen molar-refractivity contribution in [1.29, 1.82) is 0 Å². The summed E-state index contributed by atoms with van der Waals surface area (Å²) in [5.74, 6) is 0.617. The minimum Gasteiger partial charge on any atom is -0.369 e. The van der Waals surface area contributed by atoms with Gasteiger partial charge in [0.2, 0.25) is 5.95 Å². The maximum absolute atomic E-state index is 4.14. The predicted molar refractivity (Wildman–Crippen MR) is 79.9 cm³/mol. The minimum atomic E-state index is 0.501. The molecule has 4 heteroatoms. The largest absolute Gasteiger partial charge is 0.369 e. The third-order valence-electron chi connectivity index (χ3n) is 2.98. The summed E-state index contributed by atoms with van der Waals surface area (Å²) in [6.45, 7) is 7.58. The monoisotopic (exact) mass is 256 g/mol. The Bertz CT molecular complexity index is 493. The first kappa shape index (κ1) is 13.3. The van der Waals surface area contributed by atoms with E-state index in [9.17, 15) is 0 Å². The van der Waals surface area contributed by atoms with Crippen LogP contribution in [0.4, 0.5) is 17.3 Å². The smallest absolute Gasteiger partial charge is 0.227 e. The number of rotatable bonds is 5. The number of nitrogens with one attached hydrogen (secondary N) is 1. The molecule has 4 nitrogen and oxygen atoms in total. The second kappa shape index (κ2) is 6.18. The summed E-state index contributed by atoms with van der Waals surface area (Å²) in [5.41, 5.74) is 2.23. The van der Waals surface area contributed by atoms with Crippen LogP contribution in [0.1, 0.15) is 20.8 Å². The molecule has 0 radical (unpaired) electrons. The fourth-order valence-electron chi connectivity index (χ4n) is 2.07.